The van der Waals surface area contributed by atoms with Crippen molar-refractivity contribution in [2.75, 3.05) is 13.1 Å². The Kier molecular flexibility index (Phi) is 3.13. The molecule has 1 saturated heterocycles. The lowest BCUT2D eigenvalue weighted by Gasteiger charge is -2.26. The molecule has 1 N–H and O–H groups in total. The third-order valence-electron chi connectivity index (χ3n) is 3.29. The molecular formula is C10H21NO. The summed E-state index contributed by atoms with van der Waals surface area (Å²) in [5.74, 6) is 1.57. The van der Waals surface area contributed by atoms with Crippen LogP contribution >= 0.6 is 0 Å². The zero-order valence-electron chi connectivity index (χ0n) is 8.62. The summed E-state index contributed by atoms with van der Waals surface area (Å²) in [6.45, 7) is 10.9. The van der Waals surface area contributed by atoms with E-state index in [1.807, 2.05) is 6.92 Å². The monoisotopic (exact) mass is 171 g/mol. The zero-order valence-corrected chi connectivity index (χ0v) is 8.62. The SMILES string of the molecule is CC(O)C(C)N1CC(C)C(C)C1. The normalized spacial score (nSPS) is 36.8. The molecule has 1 aliphatic heterocycles. The Bertz CT molecular complexity index is 137. The van der Waals surface area contributed by atoms with Crippen molar-refractivity contribution in [2.45, 2.75) is 39.8 Å². The average Bonchev–Trinajstić information content (AvgIpc) is 2.30. The Morgan fingerprint density at radius 3 is 1.92 bits per heavy atom. The van der Waals surface area contributed by atoms with E-state index in [1.54, 1.807) is 0 Å². The number of hydrogen-bond acceptors (Lipinski definition) is 2. The molecule has 1 heterocycles. The van der Waals surface area contributed by atoms with Crippen molar-refractivity contribution in [3.8, 4) is 0 Å². The summed E-state index contributed by atoms with van der Waals surface area (Å²) in [7, 11) is 0. The third kappa shape index (κ3) is 1.99. The summed E-state index contributed by atoms with van der Waals surface area (Å²) in [6.07, 6.45) is -0.206. The van der Waals surface area contributed by atoms with Crippen molar-refractivity contribution in [3.63, 3.8) is 0 Å². The molecule has 0 amide bonds. The highest BCUT2D eigenvalue weighted by Gasteiger charge is 2.30. The van der Waals surface area contributed by atoms with Crippen LogP contribution in [0.5, 0.6) is 0 Å². The number of nitrogens with zero attached hydrogens (tertiary/aromatic N) is 1. The highest BCUT2D eigenvalue weighted by atomic mass is 16.3. The molecule has 4 atom stereocenters. The van der Waals surface area contributed by atoms with Crippen LogP contribution in [-0.4, -0.2) is 35.2 Å². The van der Waals surface area contributed by atoms with E-state index in [4.69, 9.17) is 0 Å². The predicted molar refractivity (Wildman–Crippen MR) is 51.0 cm³/mol. The molecule has 2 heteroatoms. The van der Waals surface area contributed by atoms with Crippen molar-refractivity contribution in [1.82, 2.24) is 4.90 Å². The summed E-state index contributed by atoms with van der Waals surface area (Å²) in [6, 6.07) is 0.317. The van der Waals surface area contributed by atoms with Gasteiger partial charge in [0.1, 0.15) is 0 Å². The van der Waals surface area contributed by atoms with Gasteiger partial charge in [-0.15, -0.1) is 0 Å². The average molecular weight is 171 g/mol. The molecule has 0 bridgehead atoms. The Labute approximate surface area is 75.6 Å². The maximum absolute atomic E-state index is 9.41. The minimum Gasteiger partial charge on any atom is -0.392 e. The topological polar surface area (TPSA) is 23.5 Å². The van der Waals surface area contributed by atoms with Crippen LogP contribution in [0, 0.1) is 11.8 Å². The van der Waals surface area contributed by atoms with Crippen LogP contribution in [0.3, 0.4) is 0 Å². The number of aliphatic hydroxyl groups is 1. The molecule has 0 aromatic rings. The van der Waals surface area contributed by atoms with E-state index in [2.05, 4.69) is 25.7 Å². The van der Waals surface area contributed by atoms with Gasteiger partial charge in [0.05, 0.1) is 6.10 Å². The zero-order chi connectivity index (χ0) is 9.30. The van der Waals surface area contributed by atoms with Gasteiger partial charge in [0.15, 0.2) is 0 Å². The van der Waals surface area contributed by atoms with Gasteiger partial charge in [0.25, 0.3) is 0 Å². The number of aliphatic hydroxyl groups excluding tert-OH is 1. The molecule has 4 unspecified atom stereocenters. The van der Waals surface area contributed by atoms with Gasteiger partial charge in [-0.3, -0.25) is 4.90 Å². The Hall–Kier alpha value is -0.0800. The smallest absolute Gasteiger partial charge is 0.0664 e. The molecule has 0 spiro atoms. The summed E-state index contributed by atoms with van der Waals surface area (Å²) in [4.78, 5) is 2.39. The molecule has 0 aliphatic carbocycles. The van der Waals surface area contributed by atoms with Gasteiger partial charge in [-0.25, -0.2) is 0 Å². The second-order valence-electron chi connectivity index (χ2n) is 4.39. The van der Waals surface area contributed by atoms with Crippen LogP contribution in [-0.2, 0) is 0 Å². The van der Waals surface area contributed by atoms with Crippen LogP contribution in [0.1, 0.15) is 27.7 Å². The minimum atomic E-state index is -0.206. The number of rotatable bonds is 2. The molecule has 72 valence electrons. The molecule has 0 radical (unpaired) electrons. The predicted octanol–water partition coefficient (Wildman–Crippen LogP) is 1.34. The van der Waals surface area contributed by atoms with E-state index in [1.165, 1.54) is 0 Å². The molecule has 1 fully saturated rings. The summed E-state index contributed by atoms with van der Waals surface area (Å²) in [5.41, 5.74) is 0. The van der Waals surface area contributed by atoms with Gasteiger partial charge in [-0.2, -0.15) is 0 Å². The van der Waals surface area contributed by atoms with Crippen LogP contribution < -0.4 is 0 Å². The second-order valence-corrected chi connectivity index (χ2v) is 4.39. The minimum absolute atomic E-state index is 0.206. The van der Waals surface area contributed by atoms with E-state index in [0.29, 0.717) is 6.04 Å². The lowest BCUT2D eigenvalue weighted by Crippen LogP contribution is -2.38. The van der Waals surface area contributed by atoms with Gasteiger partial charge in [0, 0.05) is 19.1 Å². The summed E-state index contributed by atoms with van der Waals surface area (Å²) < 4.78 is 0. The molecule has 1 rings (SSSR count). The Balaban J connectivity index is 2.45. The van der Waals surface area contributed by atoms with E-state index in [-0.39, 0.29) is 6.10 Å². The highest BCUT2D eigenvalue weighted by Crippen LogP contribution is 2.24. The molecule has 0 saturated carbocycles. The van der Waals surface area contributed by atoms with Crippen LogP contribution in [0.25, 0.3) is 0 Å². The van der Waals surface area contributed by atoms with Crippen molar-refractivity contribution in [1.29, 1.82) is 0 Å². The van der Waals surface area contributed by atoms with Crippen molar-refractivity contribution < 1.29 is 5.11 Å². The van der Waals surface area contributed by atoms with Crippen molar-refractivity contribution >= 4 is 0 Å². The van der Waals surface area contributed by atoms with E-state index < -0.39 is 0 Å². The summed E-state index contributed by atoms with van der Waals surface area (Å²) >= 11 is 0. The molecule has 1 aliphatic rings. The van der Waals surface area contributed by atoms with E-state index in [9.17, 15) is 5.11 Å². The van der Waals surface area contributed by atoms with Crippen molar-refractivity contribution in [3.05, 3.63) is 0 Å². The van der Waals surface area contributed by atoms with Gasteiger partial charge >= 0.3 is 0 Å². The molecular weight excluding hydrogens is 150 g/mol. The van der Waals surface area contributed by atoms with Crippen LogP contribution in [0.4, 0.5) is 0 Å². The first kappa shape index (κ1) is 10.0. The van der Waals surface area contributed by atoms with Gasteiger partial charge in [-0.1, -0.05) is 13.8 Å². The van der Waals surface area contributed by atoms with E-state index in [0.717, 1.165) is 24.9 Å². The number of likely N-dealkylation sites (tertiary alicyclic amines) is 1. The third-order valence-corrected chi connectivity index (χ3v) is 3.29. The fourth-order valence-electron chi connectivity index (χ4n) is 1.81. The Morgan fingerprint density at radius 1 is 1.17 bits per heavy atom. The van der Waals surface area contributed by atoms with Gasteiger partial charge in [-0.05, 0) is 25.7 Å². The Morgan fingerprint density at radius 2 is 1.58 bits per heavy atom. The first-order valence-corrected chi connectivity index (χ1v) is 4.94. The quantitative estimate of drug-likeness (QED) is 0.678. The molecule has 0 aromatic carbocycles. The standard InChI is InChI=1S/C10H21NO/c1-7-5-11(6-8(7)2)9(3)10(4)12/h7-10,12H,5-6H2,1-4H3. The lowest BCUT2D eigenvalue weighted by molar-refractivity contribution is 0.0826. The fraction of sp³-hybridized carbons (Fsp3) is 1.00. The lowest BCUT2D eigenvalue weighted by atomic mass is 10.0. The maximum atomic E-state index is 9.41. The molecule has 2 nitrogen and oxygen atoms in total. The molecule has 12 heavy (non-hydrogen) atoms. The highest BCUT2D eigenvalue weighted by molar-refractivity contribution is 4.83. The fourth-order valence-corrected chi connectivity index (χ4v) is 1.81. The van der Waals surface area contributed by atoms with Crippen molar-refractivity contribution in [2.24, 2.45) is 11.8 Å². The summed E-state index contributed by atoms with van der Waals surface area (Å²) in [5, 5.41) is 9.41. The second kappa shape index (κ2) is 3.75. The van der Waals surface area contributed by atoms with Crippen LogP contribution in [0.15, 0.2) is 0 Å². The first-order chi connectivity index (χ1) is 5.52. The largest absolute Gasteiger partial charge is 0.392 e. The maximum Gasteiger partial charge on any atom is 0.0664 e. The molecule has 0 aromatic heterocycles. The van der Waals surface area contributed by atoms with Gasteiger partial charge < -0.3 is 5.11 Å². The first-order valence-electron chi connectivity index (χ1n) is 4.94. The van der Waals surface area contributed by atoms with Gasteiger partial charge in [0.2, 0.25) is 0 Å². The van der Waals surface area contributed by atoms with E-state index >= 15 is 0 Å². The number of hydrogen-bond donors (Lipinski definition) is 1. The van der Waals surface area contributed by atoms with Crippen LogP contribution in [0.2, 0.25) is 0 Å².